The second-order valence-corrected chi connectivity index (χ2v) is 6.58. The van der Waals surface area contributed by atoms with Crippen molar-refractivity contribution in [2.75, 3.05) is 18.0 Å². The van der Waals surface area contributed by atoms with Gasteiger partial charge in [0.25, 0.3) is 0 Å². The number of piperidine rings is 1. The van der Waals surface area contributed by atoms with Gasteiger partial charge in [-0.1, -0.05) is 18.2 Å². The van der Waals surface area contributed by atoms with Gasteiger partial charge in [0.1, 0.15) is 12.1 Å². The van der Waals surface area contributed by atoms with Gasteiger partial charge >= 0.3 is 0 Å². The lowest BCUT2D eigenvalue weighted by molar-refractivity contribution is -0.125. The van der Waals surface area contributed by atoms with Crippen molar-refractivity contribution in [1.29, 1.82) is 0 Å². The maximum Gasteiger partial charge on any atom is 0.225 e. The van der Waals surface area contributed by atoms with Gasteiger partial charge in [-0.15, -0.1) is 0 Å². The van der Waals surface area contributed by atoms with Crippen LogP contribution in [0.5, 0.6) is 0 Å². The molecule has 132 valence electrons. The number of carbonyl (C=O) groups is 1. The number of amides is 1. The number of anilines is 1. The van der Waals surface area contributed by atoms with E-state index in [1.54, 1.807) is 18.7 Å². The summed E-state index contributed by atoms with van der Waals surface area (Å²) in [6.45, 7) is 2.10. The van der Waals surface area contributed by atoms with E-state index in [1.807, 2.05) is 36.4 Å². The second-order valence-electron chi connectivity index (χ2n) is 6.58. The number of carbonyl (C=O) groups excluding carboxylic acids is 1. The SMILES string of the molecule is O=C(NCc1cccnc1)C1CCCN(c2ncnc3ccccc23)C1. The van der Waals surface area contributed by atoms with Gasteiger partial charge in [0.15, 0.2) is 0 Å². The van der Waals surface area contributed by atoms with E-state index < -0.39 is 0 Å². The molecule has 0 aliphatic carbocycles. The minimum Gasteiger partial charge on any atom is -0.355 e. The maximum atomic E-state index is 12.6. The summed E-state index contributed by atoms with van der Waals surface area (Å²) >= 11 is 0. The zero-order valence-corrected chi connectivity index (χ0v) is 14.5. The summed E-state index contributed by atoms with van der Waals surface area (Å²) in [6.07, 6.45) is 6.99. The Morgan fingerprint density at radius 3 is 3.00 bits per heavy atom. The number of rotatable bonds is 4. The van der Waals surface area contributed by atoms with Crippen LogP contribution in [0.1, 0.15) is 18.4 Å². The van der Waals surface area contributed by atoms with Gasteiger partial charge in [-0.05, 0) is 36.6 Å². The summed E-state index contributed by atoms with van der Waals surface area (Å²) in [6, 6.07) is 11.8. The topological polar surface area (TPSA) is 71.0 Å². The number of pyridine rings is 1. The number of nitrogens with one attached hydrogen (secondary N) is 1. The first-order valence-corrected chi connectivity index (χ1v) is 8.92. The lowest BCUT2D eigenvalue weighted by atomic mass is 9.96. The molecule has 1 atom stereocenters. The Labute approximate surface area is 152 Å². The van der Waals surface area contributed by atoms with Gasteiger partial charge < -0.3 is 10.2 Å². The molecule has 1 N–H and O–H groups in total. The fourth-order valence-electron chi connectivity index (χ4n) is 3.46. The highest BCUT2D eigenvalue weighted by Gasteiger charge is 2.27. The van der Waals surface area contributed by atoms with Gasteiger partial charge in [0.05, 0.1) is 11.4 Å². The molecular formula is C20H21N5O. The van der Waals surface area contributed by atoms with Crippen LogP contribution in [0.3, 0.4) is 0 Å². The molecule has 0 radical (unpaired) electrons. The Balaban J connectivity index is 1.46. The normalized spacial score (nSPS) is 17.2. The highest BCUT2D eigenvalue weighted by atomic mass is 16.1. The molecule has 1 aromatic carbocycles. The van der Waals surface area contributed by atoms with E-state index in [9.17, 15) is 4.79 Å². The fourth-order valence-corrected chi connectivity index (χ4v) is 3.46. The zero-order chi connectivity index (χ0) is 17.8. The monoisotopic (exact) mass is 347 g/mol. The van der Waals surface area contributed by atoms with Crippen LogP contribution in [0, 0.1) is 5.92 Å². The van der Waals surface area contributed by atoms with Crippen LogP contribution in [0.2, 0.25) is 0 Å². The molecule has 2 aromatic heterocycles. The number of aromatic nitrogens is 3. The fraction of sp³-hybridized carbons (Fsp3) is 0.300. The number of benzene rings is 1. The van der Waals surface area contributed by atoms with Crippen molar-refractivity contribution in [2.45, 2.75) is 19.4 Å². The smallest absolute Gasteiger partial charge is 0.225 e. The third-order valence-electron chi connectivity index (χ3n) is 4.80. The molecule has 1 unspecified atom stereocenters. The van der Waals surface area contributed by atoms with Crippen molar-refractivity contribution >= 4 is 22.6 Å². The maximum absolute atomic E-state index is 12.6. The van der Waals surface area contributed by atoms with Gasteiger partial charge in [0.2, 0.25) is 5.91 Å². The van der Waals surface area contributed by atoms with Gasteiger partial charge in [-0.3, -0.25) is 9.78 Å². The summed E-state index contributed by atoms with van der Waals surface area (Å²) < 4.78 is 0. The van der Waals surface area contributed by atoms with Crippen LogP contribution in [-0.4, -0.2) is 33.9 Å². The molecule has 1 aliphatic rings. The summed E-state index contributed by atoms with van der Waals surface area (Å²) in [5, 5.41) is 4.07. The molecular weight excluding hydrogens is 326 g/mol. The third-order valence-corrected chi connectivity index (χ3v) is 4.80. The van der Waals surface area contributed by atoms with Crippen molar-refractivity contribution in [1.82, 2.24) is 20.3 Å². The summed E-state index contributed by atoms with van der Waals surface area (Å²) in [5.41, 5.74) is 1.94. The van der Waals surface area contributed by atoms with Crippen molar-refractivity contribution in [3.8, 4) is 0 Å². The first-order chi connectivity index (χ1) is 12.8. The van der Waals surface area contributed by atoms with Crippen LogP contribution >= 0.6 is 0 Å². The largest absolute Gasteiger partial charge is 0.355 e. The number of para-hydroxylation sites is 1. The molecule has 6 heteroatoms. The highest BCUT2D eigenvalue weighted by Crippen LogP contribution is 2.27. The molecule has 0 saturated carbocycles. The van der Waals surface area contributed by atoms with E-state index in [0.29, 0.717) is 13.1 Å². The molecule has 26 heavy (non-hydrogen) atoms. The van der Waals surface area contributed by atoms with E-state index in [0.717, 1.165) is 41.7 Å². The number of fused-ring (bicyclic) bond motifs is 1. The minimum atomic E-state index is -0.0332. The standard InChI is InChI=1S/C20H21N5O/c26-20(22-12-15-5-3-9-21-11-15)16-6-4-10-25(13-16)19-17-7-1-2-8-18(17)23-14-24-19/h1-3,5,7-9,11,14,16H,4,6,10,12-13H2,(H,22,26). The number of nitrogens with zero attached hydrogens (tertiary/aromatic N) is 4. The first-order valence-electron chi connectivity index (χ1n) is 8.92. The quantitative estimate of drug-likeness (QED) is 0.785. The minimum absolute atomic E-state index is 0.0332. The Morgan fingerprint density at radius 2 is 2.12 bits per heavy atom. The lowest BCUT2D eigenvalue weighted by Crippen LogP contribution is -2.43. The molecule has 4 rings (SSSR count). The van der Waals surface area contributed by atoms with E-state index >= 15 is 0 Å². The first kappa shape index (κ1) is 16.4. The highest BCUT2D eigenvalue weighted by molar-refractivity contribution is 5.89. The third kappa shape index (κ3) is 3.49. The van der Waals surface area contributed by atoms with Gasteiger partial charge in [-0.25, -0.2) is 9.97 Å². The Morgan fingerprint density at radius 1 is 1.19 bits per heavy atom. The van der Waals surface area contributed by atoms with Crippen molar-refractivity contribution in [3.63, 3.8) is 0 Å². The molecule has 1 aliphatic heterocycles. The van der Waals surface area contributed by atoms with Crippen LogP contribution in [0.15, 0.2) is 55.1 Å². The van der Waals surface area contributed by atoms with Gasteiger partial charge in [0, 0.05) is 37.4 Å². The van der Waals surface area contributed by atoms with Gasteiger partial charge in [-0.2, -0.15) is 0 Å². The molecule has 1 saturated heterocycles. The molecule has 0 spiro atoms. The predicted octanol–water partition coefficient (Wildman–Crippen LogP) is 2.56. The van der Waals surface area contributed by atoms with Crippen molar-refractivity contribution < 1.29 is 4.79 Å². The summed E-state index contributed by atoms with van der Waals surface area (Å²) in [5.74, 6) is 0.978. The van der Waals surface area contributed by atoms with Crippen LogP contribution in [-0.2, 0) is 11.3 Å². The van der Waals surface area contributed by atoms with E-state index in [-0.39, 0.29) is 11.8 Å². The van der Waals surface area contributed by atoms with Crippen LogP contribution < -0.4 is 10.2 Å². The molecule has 0 bridgehead atoms. The Bertz CT molecular complexity index is 894. The van der Waals surface area contributed by atoms with E-state index in [2.05, 4.69) is 25.2 Å². The average Bonchev–Trinajstić information content (AvgIpc) is 2.72. The van der Waals surface area contributed by atoms with E-state index in [4.69, 9.17) is 0 Å². The molecule has 6 nitrogen and oxygen atoms in total. The summed E-state index contributed by atoms with van der Waals surface area (Å²) in [7, 11) is 0. The Hall–Kier alpha value is -3.02. The molecule has 3 aromatic rings. The molecule has 1 amide bonds. The average molecular weight is 347 g/mol. The summed E-state index contributed by atoms with van der Waals surface area (Å²) in [4.78, 5) is 27.7. The zero-order valence-electron chi connectivity index (χ0n) is 14.5. The van der Waals surface area contributed by atoms with E-state index in [1.165, 1.54) is 0 Å². The van der Waals surface area contributed by atoms with Crippen LogP contribution in [0.4, 0.5) is 5.82 Å². The van der Waals surface area contributed by atoms with Crippen LogP contribution in [0.25, 0.3) is 10.9 Å². The Kier molecular flexibility index (Phi) is 4.73. The number of hydrogen-bond donors (Lipinski definition) is 1. The number of hydrogen-bond acceptors (Lipinski definition) is 5. The molecule has 3 heterocycles. The second kappa shape index (κ2) is 7.47. The lowest BCUT2D eigenvalue weighted by Gasteiger charge is -2.33. The van der Waals surface area contributed by atoms with Crippen molar-refractivity contribution in [3.05, 3.63) is 60.7 Å². The molecule has 1 fully saturated rings. The van der Waals surface area contributed by atoms with Crippen molar-refractivity contribution in [2.24, 2.45) is 5.92 Å². The predicted molar refractivity (Wildman–Crippen MR) is 101 cm³/mol.